The first kappa shape index (κ1) is 9.89. The summed E-state index contributed by atoms with van der Waals surface area (Å²) >= 11 is 0. The van der Waals surface area contributed by atoms with Gasteiger partial charge in [-0.1, -0.05) is 12.1 Å². The van der Waals surface area contributed by atoms with Crippen LogP contribution in [0.25, 0.3) is 11.0 Å². The predicted molar refractivity (Wildman–Crippen MR) is 66.6 cm³/mol. The monoisotopic (exact) mass is 227 g/mol. The molecule has 5 heteroatoms. The number of benzene rings is 1. The van der Waals surface area contributed by atoms with Crippen LogP contribution in [0.5, 0.6) is 0 Å². The molecule has 0 unspecified atom stereocenters. The lowest BCUT2D eigenvalue weighted by atomic mass is 10.2. The number of nitrogens with one attached hydrogen (secondary N) is 1. The number of fused-ring (bicyclic) bond motifs is 1. The van der Waals surface area contributed by atoms with Gasteiger partial charge in [0.1, 0.15) is 5.82 Å². The standard InChI is InChI=1S/C12H13N5/c1-8-3-2-4-10-12(8)16-11(15-10)7-17-6-9(13)5-14-17/h2-6H,7,13H2,1H3,(H,15,16). The second-order valence-electron chi connectivity index (χ2n) is 4.13. The number of hydrogen-bond acceptors (Lipinski definition) is 3. The summed E-state index contributed by atoms with van der Waals surface area (Å²) in [6.07, 6.45) is 3.42. The van der Waals surface area contributed by atoms with Crippen LogP contribution in [0.15, 0.2) is 30.6 Å². The third kappa shape index (κ3) is 1.75. The molecule has 1 aromatic carbocycles. The van der Waals surface area contributed by atoms with Gasteiger partial charge in [0.25, 0.3) is 0 Å². The zero-order chi connectivity index (χ0) is 11.8. The molecule has 0 spiro atoms. The van der Waals surface area contributed by atoms with Crippen LogP contribution >= 0.6 is 0 Å². The lowest BCUT2D eigenvalue weighted by Gasteiger charge is -1.95. The minimum Gasteiger partial charge on any atom is -0.396 e. The number of nitrogen functional groups attached to an aromatic ring is 1. The number of rotatable bonds is 2. The molecular weight excluding hydrogens is 214 g/mol. The van der Waals surface area contributed by atoms with E-state index in [1.807, 2.05) is 12.1 Å². The first-order valence-electron chi connectivity index (χ1n) is 5.44. The van der Waals surface area contributed by atoms with Crippen LogP contribution in [0.3, 0.4) is 0 Å². The number of nitrogens with two attached hydrogens (primary N) is 1. The number of hydrogen-bond donors (Lipinski definition) is 2. The van der Waals surface area contributed by atoms with Crippen molar-refractivity contribution in [2.24, 2.45) is 0 Å². The fourth-order valence-corrected chi connectivity index (χ4v) is 1.92. The van der Waals surface area contributed by atoms with Crippen LogP contribution in [-0.2, 0) is 6.54 Å². The Morgan fingerprint density at radius 1 is 1.41 bits per heavy atom. The lowest BCUT2D eigenvalue weighted by molar-refractivity contribution is 0.663. The second kappa shape index (κ2) is 3.62. The zero-order valence-corrected chi connectivity index (χ0v) is 9.51. The molecule has 0 aliphatic rings. The SMILES string of the molecule is Cc1cccc2[nH]c(Cn3cc(N)cn3)nc12. The highest BCUT2D eigenvalue weighted by atomic mass is 15.3. The van der Waals surface area contributed by atoms with Crippen molar-refractivity contribution in [2.45, 2.75) is 13.5 Å². The number of aryl methyl sites for hydroxylation is 1. The summed E-state index contributed by atoms with van der Waals surface area (Å²) in [4.78, 5) is 7.84. The molecule has 17 heavy (non-hydrogen) atoms. The molecule has 0 radical (unpaired) electrons. The third-order valence-corrected chi connectivity index (χ3v) is 2.73. The molecule has 3 aromatic rings. The molecule has 3 rings (SSSR count). The lowest BCUT2D eigenvalue weighted by Crippen LogP contribution is -2.01. The summed E-state index contributed by atoms with van der Waals surface area (Å²) in [5.74, 6) is 0.886. The highest BCUT2D eigenvalue weighted by Crippen LogP contribution is 2.15. The van der Waals surface area contributed by atoms with Crippen LogP contribution in [0, 0.1) is 6.92 Å². The quantitative estimate of drug-likeness (QED) is 0.699. The summed E-state index contributed by atoms with van der Waals surface area (Å²) < 4.78 is 1.77. The summed E-state index contributed by atoms with van der Waals surface area (Å²) in [5, 5.41) is 4.14. The van der Waals surface area contributed by atoms with Crippen LogP contribution in [-0.4, -0.2) is 19.7 Å². The normalized spacial score (nSPS) is 11.1. The zero-order valence-electron chi connectivity index (χ0n) is 9.51. The van der Waals surface area contributed by atoms with E-state index in [9.17, 15) is 0 Å². The summed E-state index contributed by atoms with van der Waals surface area (Å²) in [5.41, 5.74) is 9.52. The number of nitrogens with zero attached hydrogens (tertiary/aromatic N) is 3. The largest absolute Gasteiger partial charge is 0.396 e. The maximum absolute atomic E-state index is 5.62. The maximum Gasteiger partial charge on any atom is 0.129 e. The van der Waals surface area contributed by atoms with Crippen molar-refractivity contribution in [3.63, 3.8) is 0 Å². The molecule has 86 valence electrons. The first-order chi connectivity index (χ1) is 8.22. The Morgan fingerprint density at radius 2 is 2.29 bits per heavy atom. The van der Waals surface area contributed by atoms with Gasteiger partial charge in [0, 0.05) is 6.20 Å². The Morgan fingerprint density at radius 3 is 3.00 bits per heavy atom. The number of imidazole rings is 1. The number of para-hydroxylation sites is 1. The molecule has 0 atom stereocenters. The number of anilines is 1. The van der Waals surface area contributed by atoms with E-state index in [0.29, 0.717) is 12.2 Å². The molecule has 5 nitrogen and oxygen atoms in total. The van der Waals surface area contributed by atoms with Gasteiger partial charge in [-0.25, -0.2) is 4.98 Å². The van der Waals surface area contributed by atoms with Gasteiger partial charge >= 0.3 is 0 Å². The van der Waals surface area contributed by atoms with Crippen LogP contribution in [0.4, 0.5) is 5.69 Å². The van der Waals surface area contributed by atoms with E-state index < -0.39 is 0 Å². The Hall–Kier alpha value is -2.30. The van der Waals surface area contributed by atoms with Crippen molar-refractivity contribution < 1.29 is 0 Å². The van der Waals surface area contributed by atoms with Crippen LogP contribution in [0.1, 0.15) is 11.4 Å². The minimum absolute atomic E-state index is 0.602. The van der Waals surface area contributed by atoms with Gasteiger partial charge < -0.3 is 10.7 Å². The van der Waals surface area contributed by atoms with Gasteiger partial charge in [0.2, 0.25) is 0 Å². The first-order valence-corrected chi connectivity index (χ1v) is 5.44. The molecule has 0 aliphatic heterocycles. The predicted octanol–water partition coefficient (Wildman–Crippen LogP) is 1.70. The minimum atomic E-state index is 0.602. The molecule has 2 aromatic heterocycles. The van der Waals surface area contributed by atoms with Gasteiger partial charge in [-0.15, -0.1) is 0 Å². The van der Waals surface area contributed by atoms with Gasteiger partial charge in [-0.2, -0.15) is 5.10 Å². The Bertz CT molecular complexity index is 664. The summed E-state index contributed by atoms with van der Waals surface area (Å²) in [7, 11) is 0. The Balaban J connectivity index is 1.98. The molecule has 0 amide bonds. The molecule has 0 bridgehead atoms. The number of aromatic amines is 1. The van der Waals surface area contributed by atoms with E-state index in [2.05, 4.69) is 28.1 Å². The van der Waals surface area contributed by atoms with E-state index in [-0.39, 0.29) is 0 Å². The van der Waals surface area contributed by atoms with Crippen molar-refractivity contribution in [2.75, 3.05) is 5.73 Å². The average molecular weight is 227 g/mol. The van der Waals surface area contributed by atoms with Gasteiger partial charge in [0.05, 0.1) is 29.5 Å². The average Bonchev–Trinajstić information content (AvgIpc) is 2.86. The van der Waals surface area contributed by atoms with Gasteiger partial charge in [-0.3, -0.25) is 4.68 Å². The topological polar surface area (TPSA) is 72.5 Å². The van der Waals surface area contributed by atoms with Crippen molar-refractivity contribution in [1.82, 2.24) is 19.7 Å². The maximum atomic E-state index is 5.62. The smallest absolute Gasteiger partial charge is 0.129 e. The second-order valence-corrected chi connectivity index (χ2v) is 4.13. The van der Waals surface area contributed by atoms with Crippen molar-refractivity contribution >= 4 is 16.7 Å². The van der Waals surface area contributed by atoms with Gasteiger partial charge in [-0.05, 0) is 18.6 Å². The molecule has 0 saturated carbocycles. The third-order valence-electron chi connectivity index (χ3n) is 2.73. The number of H-pyrrole nitrogens is 1. The van der Waals surface area contributed by atoms with Gasteiger partial charge in [0.15, 0.2) is 0 Å². The van der Waals surface area contributed by atoms with E-state index in [1.165, 1.54) is 5.56 Å². The van der Waals surface area contributed by atoms with Crippen LogP contribution in [0.2, 0.25) is 0 Å². The van der Waals surface area contributed by atoms with Crippen molar-refractivity contribution in [3.05, 3.63) is 42.0 Å². The van der Waals surface area contributed by atoms with Crippen molar-refractivity contribution in [1.29, 1.82) is 0 Å². The van der Waals surface area contributed by atoms with Crippen molar-refractivity contribution in [3.8, 4) is 0 Å². The van der Waals surface area contributed by atoms with E-state index in [4.69, 9.17) is 5.73 Å². The fraction of sp³-hybridized carbons (Fsp3) is 0.167. The van der Waals surface area contributed by atoms with Crippen LogP contribution < -0.4 is 5.73 Å². The molecule has 0 fully saturated rings. The highest BCUT2D eigenvalue weighted by Gasteiger charge is 2.05. The Kier molecular flexibility index (Phi) is 2.11. The highest BCUT2D eigenvalue weighted by molar-refractivity contribution is 5.78. The number of aromatic nitrogens is 4. The molecule has 3 N–H and O–H groups in total. The Labute approximate surface area is 98.3 Å². The van der Waals surface area contributed by atoms with E-state index in [1.54, 1.807) is 17.1 Å². The molecule has 0 aliphatic carbocycles. The fourth-order valence-electron chi connectivity index (χ4n) is 1.92. The molecular formula is C12H13N5. The van der Waals surface area contributed by atoms with E-state index in [0.717, 1.165) is 16.9 Å². The summed E-state index contributed by atoms with van der Waals surface area (Å²) in [6, 6.07) is 6.10. The summed E-state index contributed by atoms with van der Waals surface area (Å²) in [6.45, 7) is 2.66. The van der Waals surface area contributed by atoms with E-state index >= 15 is 0 Å². The molecule has 0 saturated heterocycles. The molecule has 2 heterocycles.